The minimum absolute atomic E-state index is 0.0471. The van der Waals surface area contributed by atoms with Crippen LogP contribution in [-0.2, 0) is 14.5 Å². The fourth-order valence-electron chi connectivity index (χ4n) is 4.94. The molecule has 0 saturated carbocycles. The third kappa shape index (κ3) is 8.59. The molecular weight excluding hydrogens is 580 g/mol. The Kier molecular flexibility index (Phi) is 9.60. The van der Waals surface area contributed by atoms with Crippen molar-refractivity contribution in [3.8, 4) is 0 Å². The Balaban J connectivity index is 1.66. The normalized spacial score (nSPS) is 19.3. The van der Waals surface area contributed by atoms with Gasteiger partial charge in [0.2, 0.25) is 11.9 Å². The summed E-state index contributed by atoms with van der Waals surface area (Å²) in [5.41, 5.74) is 0.117. The number of likely N-dealkylation sites (N-methyl/N-ethyl adjacent to an activating group) is 1. The van der Waals surface area contributed by atoms with E-state index >= 15 is 0 Å². The number of hydrogen-bond acceptors (Lipinski definition) is 9. The number of carbonyl (C=O) groups excluding carboxylic acids is 2. The average molecular weight is 622 g/mol. The molecular formula is C29H41F2N7O4S. The first-order valence-electron chi connectivity index (χ1n) is 14.3. The fourth-order valence-corrected chi connectivity index (χ4v) is 6.04. The van der Waals surface area contributed by atoms with Crippen molar-refractivity contribution in [1.29, 1.82) is 0 Å². The van der Waals surface area contributed by atoms with E-state index in [1.54, 1.807) is 50.8 Å². The van der Waals surface area contributed by atoms with Crippen LogP contribution >= 0.6 is 0 Å². The van der Waals surface area contributed by atoms with E-state index in [1.165, 1.54) is 12.3 Å². The molecule has 2 aliphatic heterocycles. The van der Waals surface area contributed by atoms with E-state index in [1.807, 2.05) is 11.9 Å². The average Bonchev–Trinajstić information content (AvgIpc) is 3.07. The largest absolute Gasteiger partial charge is 0.442 e. The highest BCUT2D eigenvalue weighted by atomic mass is 32.2. The highest BCUT2D eigenvalue weighted by Crippen LogP contribution is 2.32. The molecule has 0 spiro atoms. The smallest absolute Gasteiger partial charge is 0.442 e. The van der Waals surface area contributed by atoms with Crippen LogP contribution in [0, 0.1) is 6.92 Å². The highest BCUT2D eigenvalue weighted by Gasteiger charge is 2.34. The Morgan fingerprint density at radius 2 is 1.74 bits per heavy atom. The number of benzene rings is 1. The standard InChI is InChI=1S/C29H41F2N7O4S/c1-20-23(25(39)33-21-9-7-10-22(19-21)43(6,41)35-27(40)42-28(2,3)4)24(37-13-8-11-29(30,31)12-14-37)34-26(32-20)38-17-15-36(5)16-18-38/h7,9-10,19H,8,11-18H2,1-6H3,(H,33,39)/t43-/m1/s1. The molecule has 11 nitrogen and oxygen atoms in total. The molecule has 2 aliphatic rings. The molecule has 1 atom stereocenters. The zero-order valence-electron chi connectivity index (χ0n) is 25.7. The molecule has 0 bridgehead atoms. The van der Waals surface area contributed by atoms with Crippen LogP contribution in [0.1, 0.15) is 56.1 Å². The fraction of sp³-hybridized carbons (Fsp3) is 0.586. The third-order valence-electron chi connectivity index (χ3n) is 7.26. The number of piperazine rings is 1. The molecule has 1 aromatic heterocycles. The lowest BCUT2D eigenvalue weighted by atomic mass is 10.1. The van der Waals surface area contributed by atoms with E-state index in [-0.39, 0.29) is 36.3 Å². The summed E-state index contributed by atoms with van der Waals surface area (Å²) in [6.45, 7) is 10.2. The summed E-state index contributed by atoms with van der Waals surface area (Å²) in [5, 5.41) is 2.82. The van der Waals surface area contributed by atoms with Crippen molar-refractivity contribution in [2.24, 2.45) is 4.36 Å². The van der Waals surface area contributed by atoms with E-state index in [0.29, 0.717) is 42.8 Å². The van der Waals surface area contributed by atoms with Gasteiger partial charge in [-0.3, -0.25) is 4.79 Å². The van der Waals surface area contributed by atoms with Crippen LogP contribution in [0.15, 0.2) is 33.5 Å². The molecule has 1 aromatic carbocycles. The summed E-state index contributed by atoms with van der Waals surface area (Å²) in [5.74, 6) is -2.54. The number of aromatic nitrogens is 2. The van der Waals surface area contributed by atoms with Crippen molar-refractivity contribution in [2.45, 2.75) is 63.4 Å². The van der Waals surface area contributed by atoms with E-state index in [9.17, 15) is 22.6 Å². The maximum atomic E-state index is 14.3. The Hall–Kier alpha value is -3.39. The van der Waals surface area contributed by atoms with Gasteiger partial charge in [-0.15, -0.1) is 4.36 Å². The molecule has 14 heteroatoms. The molecule has 2 aromatic rings. The molecule has 3 heterocycles. The van der Waals surface area contributed by atoms with Crippen LogP contribution in [-0.4, -0.2) is 95.2 Å². The van der Waals surface area contributed by atoms with E-state index in [0.717, 1.165) is 13.1 Å². The number of aryl methyl sites for hydroxylation is 1. The van der Waals surface area contributed by atoms with Crippen LogP contribution < -0.4 is 15.1 Å². The summed E-state index contributed by atoms with van der Waals surface area (Å²) in [6.07, 6.45) is 0.0671. The van der Waals surface area contributed by atoms with E-state index < -0.39 is 33.3 Å². The summed E-state index contributed by atoms with van der Waals surface area (Å²) in [4.78, 5) is 41.7. The molecule has 43 heavy (non-hydrogen) atoms. The minimum atomic E-state index is -3.19. The van der Waals surface area contributed by atoms with Crippen molar-refractivity contribution in [1.82, 2.24) is 14.9 Å². The summed E-state index contributed by atoms with van der Waals surface area (Å²) in [7, 11) is -1.15. The number of rotatable bonds is 5. The molecule has 4 rings (SSSR count). The molecule has 2 fully saturated rings. The molecule has 0 unspecified atom stereocenters. The van der Waals surface area contributed by atoms with Crippen molar-refractivity contribution < 1.29 is 27.3 Å². The number of ether oxygens (including phenoxy) is 1. The van der Waals surface area contributed by atoms with Crippen molar-refractivity contribution in [3.05, 3.63) is 35.5 Å². The molecule has 1 N–H and O–H groups in total. The predicted octanol–water partition coefficient (Wildman–Crippen LogP) is 4.81. The van der Waals surface area contributed by atoms with Crippen LogP contribution in [0.5, 0.6) is 0 Å². The predicted molar refractivity (Wildman–Crippen MR) is 163 cm³/mol. The second-order valence-electron chi connectivity index (χ2n) is 12.2. The Morgan fingerprint density at radius 3 is 2.42 bits per heavy atom. The number of nitrogens with zero attached hydrogens (tertiary/aromatic N) is 6. The number of halogens is 2. The number of hydrogen-bond donors (Lipinski definition) is 1. The van der Waals surface area contributed by atoms with Crippen LogP contribution in [0.4, 0.5) is 31.0 Å². The van der Waals surface area contributed by atoms with Gasteiger partial charge in [0.25, 0.3) is 5.91 Å². The number of alkyl halides is 2. The first kappa shape index (κ1) is 32.5. The maximum absolute atomic E-state index is 14.3. The van der Waals surface area contributed by atoms with Crippen LogP contribution in [0.3, 0.4) is 0 Å². The van der Waals surface area contributed by atoms with Crippen molar-refractivity contribution in [3.63, 3.8) is 0 Å². The molecule has 2 amide bonds. The van der Waals surface area contributed by atoms with Crippen molar-refractivity contribution >= 4 is 39.2 Å². The summed E-state index contributed by atoms with van der Waals surface area (Å²) >= 11 is 0. The first-order chi connectivity index (χ1) is 20.0. The Bertz CT molecular complexity index is 1480. The molecule has 236 valence electrons. The SMILES string of the molecule is Cc1nc(N2CCN(C)CC2)nc(N2CCCC(F)(F)CC2)c1C(=O)Nc1cccc([S@@](C)(=O)=NC(=O)OC(C)(C)C)c1. The van der Waals surface area contributed by atoms with Crippen molar-refractivity contribution in [2.75, 3.05) is 67.7 Å². The number of amides is 2. The summed E-state index contributed by atoms with van der Waals surface area (Å²) in [6, 6.07) is 6.24. The van der Waals surface area contributed by atoms with E-state index in [2.05, 4.69) is 19.6 Å². The molecule has 0 aliphatic carbocycles. The van der Waals surface area contributed by atoms with Gasteiger partial charge in [0.1, 0.15) is 17.0 Å². The van der Waals surface area contributed by atoms with Gasteiger partial charge in [0.15, 0.2) is 0 Å². The van der Waals surface area contributed by atoms with Crippen LogP contribution in [0.2, 0.25) is 0 Å². The quantitative estimate of drug-likeness (QED) is 0.502. The minimum Gasteiger partial charge on any atom is -0.442 e. The Labute approximate surface area is 252 Å². The van der Waals surface area contributed by atoms with Gasteiger partial charge in [-0.05, 0) is 59.4 Å². The number of nitrogens with one attached hydrogen (secondary N) is 1. The van der Waals surface area contributed by atoms with E-state index in [4.69, 9.17) is 9.72 Å². The Morgan fingerprint density at radius 1 is 1.05 bits per heavy atom. The summed E-state index contributed by atoms with van der Waals surface area (Å²) < 4.78 is 50.8. The number of carbonyl (C=O) groups is 2. The zero-order chi connectivity index (χ0) is 31.6. The second-order valence-corrected chi connectivity index (χ2v) is 14.4. The van der Waals surface area contributed by atoms with Gasteiger partial charge in [-0.1, -0.05) is 6.07 Å². The first-order valence-corrected chi connectivity index (χ1v) is 16.3. The lowest BCUT2D eigenvalue weighted by Crippen LogP contribution is -2.45. The molecule has 0 radical (unpaired) electrons. The second kappa shape index (κ2) is 12.7. The monoisotopic (exact) mass is 621 g/mol. The zero-order valence-corrected chi connectivity index (χ0v) is 26.5. The third-order valence-corrected chi connectivity index (χ3v) is 8.89. The lowest BCUT2D eigenvalue weighted by molar-refractivity contribution is -0.0102. The maximum Gasteiger partial charge on any atom is 0.442 e. The van der Waals surface area contributed by atoms with Crippen LogP contribution in [0.25, 0.3) is 0 Å². The lowest BCUT2D eigenvalue weighted by Gasteiger charge is -2.33. The number of anilines is 3. The van der Waals surface area contributed by atoms with Gasteiger partial charge < -0.3 is 24.8 Å². The highest BCUT2D eigenvalue weighted by molar-refractivity contribution is 7.93. The topological polar surface area (TPSA) is 120 Å². The molecule has 2 saturated heterocycles. The van der Waals surface area contributed by atoms with Gasteiger partial charge in [0, 0.05) is 68.9 Å². The van der Waals surface area contributed by atoms with Gasteiger partial charge in [-0.2, -0.15) is 4.98 Å². The van der Waals surface area contributed by atoms with Gasteiger partial charge in [-0.25, -0.2) is 22.8 Å². The van der Waals surface area contributed by atoms with Gasteiger partial charge in [0.05, 0.1) is 15.4 Å². The van der Waals surface area contributed by atoms with Gasteiger partial charge >= 0.3 is 6.09 Å².